The van der Waals surface area contributed by atoms with Crippen LogP contribution in [0, 0.1) is 0 Å². The maximum atomic E-state index is 13.3. The number of fused-ring (bicyclic) bond motifs is 1. The Kier molecular flexibility index (Phi) is 8.64. The van der Waals surface area contributed by atoms with Gasteiger partial charge in [-0.15, -0.1) is 0 Å². The first-order chi connectivity index (χ1) is 17.0. The van der Waals surface area contributed by atoms with E-state index in [1.807, 2.05) is 60.7 Å². The number of anilines is 1. The summed E-state index contributed by atoms with van der Waals surface area (Å²) in [6.07, 6.45) is 2.67. The molecule has 1 aliphatic rings. The third kappa shape index (κ3) is 6.98. The van der Waals surface area contributed by atoms with Crippen molar-refractivity contribution in [2.75, 3.05) is 31.6 Å². The quantitative estimate of drug-likeness (QED) is 0.310. The van der Waals surface area contributed by atoms with E-state index in [2.05, 4.69) is 29.4 Å². The number of carbonyl (C=O) groups is 2. The molecule has 0 bridgehead atoms. The lowest BCUT2D eigenvalue weighted by Gasteiger charge is -2.29. The summed E-state index contributed by atoms with van der Waals surface area (Å²) in [5, 5.41) is 3.61. The molecule has 3 aromatic carbocycles. The second-order valence-electron chi connectivity index (χ2n) is 8.45. The predicted octanol–water partition coefficient (Wildman–Crippen LogP) is 5.46. The topological polar surface area (TPSA) is 52.7 Å². The van der Waals surface area contributed by atoms with Crippen LogP contribution < -0.4 is 10.2 Å². The number of halogens is 1. The molecule has 3 aromatic rings. The maximum Gasteiger partial charge on any atom is 0.265 e. The molecular weight excluding hydrogens is 478 g/mol. The Morgan fingerprint density at radius 3 is 2.51 bits per heavy atom. The third-order valence-electron chi connectivity index (χ3n) is 5.64. The van der Waals surface area contributed by atoms with Gasteiger partial charge in [0.25, 0.3) is 5.91 Å². The summed E-state index contributed by atoms with van der Waals surface area (Å²) < 4.78 is 0. The monoisotopic (exact) mass is 505 g/mol. The molecule has 0 atom stereocenters. The first kappa shape index (κ1) is 25.0. The van der Waals surface area contributed by atoms with Crippen LogP contribution in [0.15, 0.2) is 88.7 Å². The van der Waals surface area contributed by atoms with Gasteiger partial charge in [-0.2, -0.15) is 0 Å². The highest BCUT2D eigenvalue weighted by Gasteiger charge is 2.30. The summed E-state index contributed by atoms with van der Waals surface area (Å²) in [5.74, 6) is -0.349. The van der Waals surface area contributed by atoms with Crippen LogP contribution in [-0.4, -0.2) is 43.4 Å². The Hall–Kier alpha value is -3.06. The molecule has 1 N–H and O–H groups in total. The smallest absolute Gasteiger partial charge is 0.265 e. The van der Waals surface area contributed by atoms with Gasteiger partial charge in [-0.3, -0.25) is 14.5 Å². The summed E-state index contributed by atoms with van der Waals surface area (Å²) in [5.41, 5.74) is 2.91. The molecule has 180 valence electrons. The van der Waals surface area contributed by atoms with E-state index in [1.54, 1.807) is 17.0 Å². The molecule has 4 rings (SSSR count). The standard InChI is InChI=1S/C28H28ClN3O2S/c1-31(19-22-8-3-2-4-9-22)17-7-16-30-27(33)20-32-24-10-5-6-11-25(24)35-26(28(32)34)18-21-12-14-23(29)15-13-21/h2-6,8-15,18H,7,16-17,19-20H2,1H3,(H,30,33). The fourth-order valence-electron chi connectivity index (χ4n) is 3.88. The Morgan fingerprint density at radius 2 is 1.74 bits per heavy atom. The van der Waals surface area contributed by atoms with Crippen LogP contribution in [-0.2, 0) is 16.1 Å². The van der Waals surface area contributed by atoms with E-state index in [9.17, 15) is 9.59 Å². The largest absolute Gasteiger partial charge is 0.355 e. The van der Waals surface area contributed by atoms with Crippen LogP contribution in [0.3, 0.4) is 0 Å². The number of nitrogens with zero attached hydrogens (tertiary/aromatic N) is 2. The van der Waals surface area contributed by atoms with Crippen molar-refractivity contribution in [3.8, 4) is 0 Å². The zero-order chi connectivity index (χ0) is 24.6. The molecule has 0 spiro atoms. The van der Waals surface area contributed by atoms with E-state index in [0.29, 0.717) is 16.5 Å². The second kappa shape index (κ2) is 12.1. The Morgan fingerprint density at radius 1 is 1.03 bits per heavy atom. The zero-order valence-corrected chi connectivity index (χ0v) is 21.2. The average molecular weight is 506 g/mol. The van der Waals surface area contributed by atoms with Gasteiger partial charge in [0, 0.05) is 23.0 Å². The number of rotatable bonds is 9. The van der Waals surface area contributed by atoms with Crippen molar-refractivity contribution in [2.45, 2.75) is 17.9 Å². The highest BCUT2D eigenvalue weighted by atomic mass is 35.5. The van der Waals surface area contributed by atoms with E-state index in [0.717, 1.165) is 35.7 Å². The summed E-state index contributed by atoms with van der Waals surface area (Å²) in [4.78, 5) is 31.4. The van der Waals surface area contributed by atoms with E-state index >= 15 is 0 Å². The molecule has 35 heavy (non-hydrogen) atoms. The molecule has 0 aliphatic carbocycles. The number of thioether (sulfide) groups is 1. The Bertz CT molecular complexity index is 1200. The minimum absolute atomic E-state index is 0.0196. The number of carbonyl (C=O) groups excluding carboxylic acids is 2. The molecular formula is C28H28ClN3O2S. The van der Waals surface area contributed by atoms with Crippen LogP contribution in [0.2, 0.25) is 5.02 Å². The number of hydrogen-bond donors (Lipinski definition) is 1. The van der Waals surface area contributed by atoms with E-state index in [4.69, 9.17) is 11.6 Å². The number of para-hydroxylation sites is 1. The van der Waals surface area contributed by atoms with Gasteiger partial charge in [-0.25, -0.2) is 0 Å². The normalized spacial score (nSPS) is 14.3. The summed E-state index contributed by atoms with van der Waals surface area (Å²) >= 11 is 7.41. The lowest BCUT2D eigenvalue weighted by atomic mass is 10.2. The van der Waals surface area contributed by atoms with Crippen molar-refractivity contribution in [1.29, 1.82) is 0 Å². The van der Waals surface area contributed by atoms with Crippen LogP contribution in [0.5, 0.6) is 0 Å². The van der Waals surface area contributed by atoms with Gasteiger partial charge < -0.3 is 10.2 Å². The lowest BCUT2D eigenvalue weighted by molar-refractivity contribution is -0.122. The third-order valence-corrected chi connectivity index (χ3v) is 6.96. The first-order valence-electron chi connectivity index (χ1n) is 11.5. The maximum absolute atomic E-state index is 13.3. The van der Waals surface area contributed by atoms with Gasteiger partial charge in [-0.1, -0.05) is 78.0 Å². The molecule has 0 unspecified atom stereocenters. The molecule has 7 heteroatoms. The van der Waals surface area contributed by atoms with Crippen molar-refractivity contribution in [1.82, 2.24) is 10.2 Å². The molecule has 0 aromatic heterocycles. The number of amides is 2. The minimum Gasteiger partial charge on any atom is -0.355 e. The number of benzene rings is 3. The number of hydrogen-bond acceptors (Lipinski definition) is 4. The van der Waals surface area contributed by atoms with E-state index in [-0.39, 0.29) is 18.4 Å². The zero-order valence-electron chi connectivity index (χ0n) is 19.6. The van der Waals surface area contributed by atoms with Gasteiger partial charge in [-0.05, 0) is 61.5 Å². The minimum atomic E-state index is -0.179. The summed E-state index contributed by atoms with van der Waals surface area (Å²) in [6, 6.07) is 25.3. The van der Waals surface area contributed by atoms with Crippen LogP contribution in [0.4, 0.5) is 5.69 Å². The molecule has 0 saturated heterocycles. The van der Waals surface area contributed by atoms with E-state index < -0.39 is 0 Å². The summed E-state index contributed by atoms with van der Waals surface area (Å²) in [7, 11) is 2.07. The molecule has 1 aliphatic heterocycles. The van der Waals surface area contributed by atoms with Gasteiger partial charge in [0.2, 0.25) is 5.91 Å². The van der Waals surface area contributed by atoms with E-state index in [1.165, 1.54) is 17.3 Å². The van der Waals surface area contributed by atoms with Gasteiger partial charge >= 0.3 is 0 Å². The molecule has 0 saturated carbocycles. The van der Waals surface area contributed by atoms with Crippen molar-refractivity contribution in [2.24, 2.45) is 0 Å². The van der Waals surface area contributed by atoms with Gasteiger partial charge in [0.05, 0.1) is 10.6 Å². The van der Waals surface area contributed by atoms with Crippen molar-refractivity contribution >= 4 is 46.9 Å². The second-order valence-corrected chi connectivity index (χ2v) is 9.97. The van der Waals surface area contributed by atoms with Crippen molar-refractivity contribution in [3.05, 3.63) is 99.9 Å². The SMILES string of the molecule is CN(CCCNC(=O)CN1C(=O)C(=Cc2ccc(Cl)cc2)Sc2ccccc21)Cc1ccccc1. The fourth-order valence-corrected chi connectivity index (χ4v) is 5.06. The van der Waals surface area contributed by atoms with Gasteiger partial charge in [0.1, 0.15) is 6.54 Å². The van der Waals surface area contributed by atoms with Crippen molar-refractivity contribution < 1.29 is 9.59 Å². The van der Waals surface area contributed by atoms with Crippen molar-refractivity contribution in [3.63, 3.8) is 0 Å². The average Bonchev–Trinajstić information content (AvgIpc) is 2.86. The van der Waals surface area contributed by atoms with Crippen LogP contribution in [0.1, 0.15) is 17.5 Å². The molecule has 5 nitrogen and oxygen atoms in total. The molecule has 2 amide bonds. The van der Waals surface area contributed by atoms with Gasteiger partial charge in [0.15, 0.2) is 0 Å². The van der Waals surface area contributed by atoms with Crippen LogP contribution >= 0.6 is 23.4 Å². The summed E-state index contributed by atoms with van der Waals surface area (Å²) in [6.45, 7) is 2.28. The molecule has 0 fully saturated rings. The molecule has 0 radical (unpaired) electrons. The lowest BCUT2D eigenvalue weighted by Crippen LogP contribution is -2.43. The fraction of sp³-hybridized carbons (Fsp3) is 0.214. The first-order valence-corrected chi connectivity index (χ1v) is 12.7. The number of nitrogens with one attached hydrogen (secondary N) is 1. The Labute approximate surface area is 215 Å². The highest BCUT2D eigenvalue weighted by Crippen LogP contribution is 2.41. The van der Waals surface area contributed by atoms with Crippen LogP contribution in [0.25, 0.3) is 6.08 Å². The Balaban J connectivity index is 1.35. The highest BCUT2D eigenvalue weighted by molar-refractivity contribution is 8.04. The molecule has 1 heterocycles. The predicted molar refractivity (Wildman–Crippen MR) is 144 cm³/mol.